The summed E-state index contributed by atoms with van der Waals surface area (Å²) in [6.07, 6.45) is -4.88. The van der Waals surface area contributed by atoms with Gasteiger partial charge in [-0.05, 0) is 37.3 Å². The fraction of sp³-hybridized carbons (Fsp3) is 0.211. The molecule has 2 amide bonds. The van der Waals surface area contributed by atoms with Gasteiger partial charge in [0.25, 0.3) is 0 Å². The first-order valence-electron chi connectivity index (χ1n) is 9.04. The van der Waals surface area contributed by atoms with E-state index in [0.29, 0.717) is 22.0 Å². The topological polar surface area (TPSA) is 117 Å². The van der Waals surface area contributed by atoms with E-state index in [4.69, 9.17) is 0 Å². The van der Waals surface area contributed by atoms with Gasteiger partial charge in [-0.2, -0.15) is 17.9 Å². The van der Waals surface area contributed by atoms with Crippen molar-refractivity contribution in [1.29, 1.82) is 0 Å². The second-order valence-corrected chi connectivity index (χ2v) is 9.42. The van der Waals surface area contributed by atoms with E-state index in [0.717, 1.165) is 29.5 Å². The van der Waals surface area contributed by atoms with Gasteiger partial charge in [-0.25, -0.2) is 13.4 Å². The van der Waals surface area contributed by atoms with E-state index in [1.165, 1.54) is 13.8 Å². The zero-order valence-electron chi connectivity index (χ0n) is 16.6. The van der Waals surface area contributed by atoms with Gasteiger partial charge in [-0.15, -0.1) is 0 Å². The SMILES string of the molecule is CC(=O)Nc1ccc2nc(NC(=O)[C@H](C)NS(=O)(=O)c3ccccc3C(F)(F)F)sc2c1. The van der Waals surface area contributed by atoms with E-state index in [-0.39, 0.29) is 11.0 Å². The normalized spacial score (nSPS) is 13.0. The van der Waals surface area contributed by atoms with Crippen LogP contribution in [0, 0.1) is 0 Å². The lowest BCUT2D eigenvalue weighted by molar-refractivity contribution is -0.139. The monoisotopic (exact) mass is 486 g/mol. The van der Waals surface area contributed by atoms with Gasteiger partial charge >= 0.3 is 6.18 Å². The molecule has 3 N–H and O–H groups in total. The van der Waals surface area contributed by atoms with Gasteiger partial charge in [0.05, 0.1) is 26.7 Å². The Labute approximate surface area is 184 Å². The number of benzene rings is 2. The molecule has 170 valence electrons. The lowest BCUT2D eigenvalue weighted by Gasteiger charge is -2.16. The molecule has 0 aliphatic rings. The number of anilines is 2. The number of amides is 2. The summed E-state index contributed by atoms with van der Waals surface area (Å²) in [5.74, 6) is -1.06. The Kier molecular flexibility index (Phi) is 6.53. The number of hydrogen-bond donors (Lipinski definition) is 3. The average Bonchev–Trinajstić information content (AvgIpc) is 3.08. The lowest BCUT2D eigenvalue weighted by Crippen LogP contribution is -2.42. The summed E-state index contributed by atoms with van der Waals surface area (Å²) < 4.78 is 67.1. The minimum absolute atomic E-state index is 0.159. The van der Waals surface area contributed by atoms with Crippen molar-refractivity contribution >= 4 is 54.2 Å². The first-order chi connectivity index (χ1) is 14.9. The molecule has 3 aromatic rings. The third-order valence-electron chi connectivity index (χ3n) is 4.15. The number of thiazole rings is 1. The Morgan fingerprint density at radius 1 is 1.09 bits per heavy atom. The van der Waals surface area contributed by atoms with E-state index >= 15 is 0 Å². The maximum atomic E-state index is 13.2. The molecule has 1 heterocycles. The first-order valence-corrected chi connectivity index (χ1v) is 11.3. The highest BCUT2D eigenvalue weighted by atomic mass is 32.2. The zero-order valence-corrected chi connectivity index (χ0v) is 18.3. The van der Waals surface area contributed by atoms with Crippen LogP contribution in [-0.2, 0) is 25.8 Å². The van der Waals surface area contributed by atoms with Crippen LogP contribution in [-0.4, -0.2) is 31.3 Å². The minimum Gasteiger partial charge on any atom is -0.326 e. The predicted octanol–water partition coefficient (Wildman–Crippen LogP) is 3.58. The van der Waals surface area contributed by atoms with E-state index < -0.39 is 38.6 Å². The van der Waals surface area contributed by atoms with Crippen LogP contribution in [0.2, 0.25) is 0 Å². The molecule has 3 rings (SSSR count). The van der Waals surface area contributed by atoms with Crippen molar-refractivity contribution in [2.75, 3.05) is 10.6 Å². The van der Waals surface area contributed by atoms with Crippen LogP contribution in [0.25, 0.3) is 10.2 Å². The second-order valence-electron chi connectivity index (χ2n) is 6.71. The van der Waals surface area contributed by atoms with Gasteiger partial charge in [0.15, 0.2) is 5.13 Å². The molecule has 13 heteroatoms. The van der Waals surface area contributed by atoms with Crippen molar-refractivity contribution in [3.8, 4) is 0 Å². The molecule has 0 saturated carbocycles. The third-order valence-corrected chi connectivity index (χ3v) is 6.68. The number of sulfonamides is 1. The predicted molar refractivity (Wildman–Crippen MR) is 114 cm³/mol. The number of carbonyl (C=O) groups excluding carboxylic acids is 2. The summed E-state index contributed by atoms with van der Waals surface area (Å²) in [6.45, 7) is 2.56. The van der Waals surface area contributed by atoms with E-state index in [2.05, 4.69) is 15.6 Å². The van der Waals surface area contributed by atoms with E-state index in [1.807, 2.05) is 4.72 Å². The van der Waals surface area contributed by atoms with Crippen molar-refractivity contribution < 1.29 is 31.2 Å². The lowest BCUT2D eigenvalue weighted by atomic mass is 10.2. The van der Waals surface area contributed by atoms with Gasteiger partial charge in [0.2, 0.25) is 21.8 Å². The molecule has 0 spiro atoms. The van der Waals surface area contributed by atoms with Crippen molar-refractivity contribution in [3.63, 3.8) is 0 Å². The van der Waals surface area contributed by atoms with Crippen molar-refractivity contribution in [3.05, 3.63) is 48.0 Å². The number of nitrogens with one attached hydrogen (secondary N) is 3. The second kappa shape index (κ2) is 8.84. The highest BCUT2D eigenvalue weighted by Crippen LogP contribution is 2.34. The Morgan fingerprint density at radius 3 is 2.44 bits per heavy atom. The quantitative estimate of drug-likeness (QED) is 0.492. The van der Waals surface area contributed by atoms with E-state index in [1.54, 1.807) is 18.2 Å². The molecule has 0 aliphatic heterocycles. The van der Waals surface area contributed by atoms with Gasteiger partial charge in [0, 0.05) is 12.6 Å². The van der Waals surface area contributed by atoms with Crippen LogP contribution >= 0.6 is 11.3 Å². The molecule has 0 saturated heterocycles. The number of alkyl halides is 3. The molecule has 8 nitrogen and oxygen atoms in total. The van der Waals surface area contributed by atoms with Crippen molar-refractivity contribution in [1.82, 2.24) is 9.71 Å². The summed E-state index contributed by atoms with van der Waals surface area (Å²) in [5.41, 5.74) is -0.260. The molecule has 0 bridgehead atoms. The Balaban J connectivity index is 1.76. The summed E-state index contributed by atoms with van der Waals surface area (Å²) in [7, 11) is -4.64. The zero-order chi connectivity index (χ0) is 23.7. The summed E-state index contributed by atoms with van der Waals surface area (Å²) in [5, 5.41) is 5.22. The fourth-order valence-corrected chi connectivity index (χ4v) is 5.10. The van der Waals surface area contributed by atoms with Crippen molar-refractivity contribution in [2.45, 2.75) is 31.0 Å². The average molecular weight is 486 g/mol. The molecule has 0 unspecified atom stereocenters. The van der Waals surface area contributed by atoms with Crippen molar-refractivity contribution in [2.24, 2.45) is 0 Å². The fourth-order valence-electron chi connectivity index (χ4n) is 2.76. The number of aromatic nitrogens is 1. The maximum Gasteiger partial charge on any atom is 0.417 e. The van der Waals surface area contributed by atoms with Crippen LogP contribution in [0.4, 0.5) is 24.0 Å². The number of fused-ring (bicyclic) bond motifs is 1. The summed E-state index contributed by atoms with van der Waals surface area (Å²) >= 11 is 1.08. The number of nitrogens with zero attached hydrogens (tertiary/aromatic N) is 1. The van der Waals surface area contributed by atoms with Gasteiger partial charge in [-0.3, -0.25) is 9.59 Å². The molecule has 1 atom stereocenters. The summed E-state index contributed by atoms with van der Waals surface area (Å²) in [6, 6.07) is 7.23. The molecule has 1 aromatic heterocycles. The molecule has 0 fully saturated rings. The highest BCUT2D eigenvalue weighted by Gasteiger charge is 2.37. The first kappa shape index (κ1) is 23.6. The molecule has 0 aliphatic carbocycles. The molecular weight excluding hydrogens is 469 g/mol. The smallest absolute Gasteiger partial charge is 0.326 e. The van der Waals surface area contributed by atoms with Crippen LogP contribution in [0.1, 0.15) is 19.4 Å². The van der Waals surface area contributed by atoms with Crippen LogP contribution in [0.15, 0.2) is 47.4 Å². The molecule has 2 aromatic carbocycles. The summed E-state index contributed by atoms with van der Waals surface area (Å²) in [4.78, 5) is 26.8. The highest BCUT2D eigenvalue weighted by molar-refractivity contribution is 7.89. The molecule has 32 heavy (non-hydrogen) atoms. The van der Waals surface area contributed by atoms with Crippen LogP contribution in [0.5, 0.6) is 0 Å². The van der Waals surface area contributed by atoms with Gasteiger partial charge in [-0.1, -0.05) is 23.5 Å². The van der Waals surface area contributed by atoms with Gasteiger partial charge < -0.3 is 10.6 Å². The number of carbonyl (C=O) groups is 2. The molecule has 0 radical (unpaired) electrons. The third kappa shape index (κ3) is 5.41. The maximum absolute atomic E-state index is 13.2. The van der Waals surface area contributed by atoms with E-state index in [9.17, 15) is 31.2 Å². The number of hydrogen-bond acceptors (Lipinski definition) is 6. The Morgan fingerprint density at radius 2 is 1.78 bits per heavy atom. The Bertz CT molecular complexity index is 1290. The van der Waals surface area contributed by atoms with Crippen LogP contribution in [0.3, 0.4) is 0 Å². The molecular formula is C19H17F3N4O4S2. The van der Waals surface area contributed by atoms with Gasteiger partial charge in [0.1, 0.15) is 0 Å². The Hall–Kier alpha value is -3.03. The number of rotatable bonds is 6. The minimum atomic E-state index is -4.88. The standard InChI is InChI=1S/C19H17F3N4O4S2/c1-10(26-32(29,30)16-6-4-3-5-13(16)19(20,21)22)17(28)25-18-24-14-8-7-12(23-11(2)27)9-15(14)31-18/h3-10,26H,1-2H3,(H,23,27)(H,24,25,28)/t10-/m0/s1. The van der Waals surface area contributed by atoms with Crippen LogP contribution < -0.4 is 15.4 Å². The largest absolute Gasteiger partial charge is 0.417 e. The number of halogens is 3.